The minimum Gasteiger partial charge on any atom is -0.348 e. The average molecular weight is 336 g/mol. The number of hydrogen-bond acceptors (Lipinski definition) is 3. The maximum Gasteiger partial charge on any atom is 0.168 e. The van der Waals surface area contributed by atoms with Crippen LogP contribution in [0, 0.1) is 29.1 Å². The SMILES string of the molecule is CCCCCC1CCC(CCC2(CCC(C)C#N)OCCO2)CC1. The first kappa shape index (κ1) is 19.7. The van der Waals surface area contributed by atoms with Crippen molar-refractivity contribution in [2.75, 3.05) is 13.2 Å². The van der Waals surface area contributed by atoms with E-state index in [1.54, 1.807) is 0 Å². The summed E-state index contributed by atoms with van der Waals surface area (Å²) in [5.74, 6) is 1.54. The van der Waals surface area contributed by atoms with Crippen molar-refractivity contribution in [2.45, 2.75) is 96.7 Å². The second-order valence-electron chi connectivity index (χ2n) is 8.10. The highest BCUT2D eigenvalue weighted by Gasteiger charge is 2.37. The fourth-order valence-corrected chi connectivity index (χ4v) is 4.33. The fourth-order valence-electron chi connectivity index (χ4n) is 4.33. The first-order valence-corrected chi connectivity index (χ1v) is 10.3. The van der Waals surface area contributed by atoms with E-state index >= 15 is 0 Å². The van der Waals surface area contributed by atoms with Gasteiger partial charge in [-0.25, -0.2) is 0 Å². The summed E-state index contributed by atoms with van der Waals surface area (Å²) in [6.45, 7) is 5.70. The third-order valence-electron chi connectivity index (χ3n) is 6.11. The molecule has 3 heteroatoms. The van der Waals surface area contributed by atoms with Crippen LogP contribution in [0.1, 0.15) is 90.9 Å². The lowest BCUT2D eigenvalue weighted by Gasteiger charge is -2.33. The molecule has 0 aromatic rings. The molecule has 0 radical (unpaired) electrons. The zero-order valence-corrected chi connectivity index (χ0v) is 15.9. The van der Waals surface area contributed by atoms with Crippen molar-refractivity contribution in [1.29, 1.82) is 5.26 Å². The van der Waals surface area contributed by atoms with Gasteiger partial charge >= 0.3 is 0 Å². The largest absolute Gasteiger partial charge is 0.348 e. The lowest BCUT2D eigenvalue weighted by atomic mass is 9.77. The molecule has 1 heterocycles. The molecular formula is C21H37NO2. The van der Waals surface area contributed by atoms with E-state index in [-0.39, 0.29) is 11.7 Å². The average Bonchev–Trinajstić information content (AvgIpc) is 3.08. The Morgan fingerprint density at radius 2 is 1.62 bits per heavy atom. The lowest BCUT2D eigenvalue weighted by Crippen LogP contribution is -2.31. The van der Waals surface area contributed by atoms with Crippen LogP contribution in [0.2, 0.25) is 0 Å². The predicted molar refractivity (Wildman–Crippen MR) is 97.5 cm³/mol. The van der Waals surface area contributed by atoms with Crippen LogP contribution in [-0.4, -0.2) is 19.0 Å². The Labute approximate surface area is 149 Å². The van der Waals surface area contributed by atoms with Crippen LogP contribution < -0.4 is 0 Å². The molecule has 1 aliphatic carbocycles. The first-order chi connectivity index (χ1) is 11.7. The Hall–Kier alpha value is -0.590. The van der Waals surface area contributed by atoms with Gasteiger partial charge in [-0.05, 0) is 31.6 Å². The highest BCUT2D eigenvalue weighted by Crippen LogP contribution is 2.38. The van der Waals surface area contributed by atoms with Gasteiger partial charge in [0.2, 0.25) is 0 Å². The Kier molecular flexibility index (Phi) is 8.56. The van der Waals surface area contributed by atoms with Gasteiger partial charge < -0.3 is 9.47 Å². The summed E-state index contributed by atoms with van der Waals surface area (Å²) in [6.07, 6.45) is 15.2. The highest BCUT2D eigenvalue weighted by atomic mass is 16.7. The highest BCUT2D eigenvalue weighted by molar-refractivity contribution is 4.84. The smallest absolute Gasteiger partial charge is 0.168 e. The normalized spacial score (nSPS) is 27.7. The third kappa shape index (κ3) is 6.37. The van der Waals surface area contributed by atoms with Crippen LogP contribution >= 0.6 is 0 Å². The van der Waals surface area contributed by atoms with Crippen molar-refractivity contribution in [3.8, 4) is 6.07 Å². The van der Waals surface area contributed by atoms with Gasteiger partial charge in [0.05, 0.1) is 19.3 Å². The number of hydrogen-bond donors (Lipinski definition) is 0. The number of rotatable bonds is 10. The summed E-state index contributed by atoms with van der Waals surface area (Å²) < 4.78 is 12.0. The minimum atomic E-state index is -0.386. The summed E-state index contributed by atoms with van der Waals surface area (Å²) in [6, 6.07) is 2.33. The quantitative estimate of drug-likeness (QED) is 0.471. The molecule has 1 atom stereocenters. The van der Waals surface area contributed by atoms with Gasteiger partial charge in [-0.3, -0.25) is 0 Å². The molecule has 2 aliphatic rings. The van der Waals surface area contributed by atoms with Crippen LogP contribution in [0.4, 0.5) is 0 Å². The van der Waals surface area contributed by atoms with Gasteiger partial charge in [-0.2, -0.15) is 5.26 Å². The zero-order valence-electron chi connectivity index (χ0n) is 15.9. The van der Waals surface area contributed by atoms with E-state index in [0.717, 1.165) is 31.1 Å². The zero-order chi connectivity index (χ0) is 17.3. The van der Waals surface area contributed by atoms with Gasteiger partial charge in [-0.15, -0.1) is 0 Å². The van der Waals surface area contributed by atoms with Gasteiger partial charge in [0.1, 0.15) is 0 Å². The Morgan fingerprint density at radius 1 is 1.00 bits per heavy atom. The molecule has 1 saturated carbocycles. The molecule has 1 saturated heterocycles. The molecule has 0 aromatic carbocycles. The Bertz CT molecular complexity index is 376. The fraction of sp³-hybridized carbons (Fsp3) is 0.952. The minimum absolute atomic E-state index is 0.0910. The maximum atomic E-state index is 9.00. The molecular weight excluding hydrogens is 298 g/mol. The first-order valence-electron chi connectivity index (χ1n) is 10.3. The van der Waals surface area contributed by atoms with Crippen LogP contribution in [0.15, 0.2) is 0 Å². The second kappa shape index (κ2) is 10.4. The molecule has 0 bridgehead atoms. The van der Waals surface area contributed by atoms with E-state index in [4.69, 9.17) is 14.7 Å². The van der Waals surface area contributed by atoms with E-state index in [2.05, 4.69) is 13.0 Å². The van der Waals surface area contributed by atoms with Crippen LogP contribution in [0.3, 0.4) is 0 Å². The summed E-state index contributed by atoms with van der Waals surface area (Å²) in [5.41, 5.74) is 0. The number of nitriles is 1. The predicted octanol–water partition coefficient (Wildman–Crippen LogP) is 5.84. The Morgan fingerprint density at radius 3 is 2.21 bits per heavy atom. The summed E-state index contributed by atoms with van der Waals surface area (Å²) in [5, 5.41) is 9.00. The molecule has 2 rings (SSSR count). The molecule has 2 fully saturated rings. The molecule has 1 unspecified atom stereocenters. The molecule has 138 valence electrons. The van der Waals surface area contributed by atoms with Crippen molar-refractivity contribution in [3.05, 3.63) is 0 Å². The molecule has 0 N–H and O–H groups in total. The van der Waals surface area contributed by atoms with Crippen molar-refractivity contribution in [1.82, 2.24) is 0 Å². The summed E-state index contributed by atoms with van der Waals surface area (Å²) >= 11 is 0. The number of nitrogens with zero attached hydrogens (tertiary/aromatic N) is 1. The van der Waals surface area contributed by atoms with Crippen LogP contribution in [0.25, 0.3) is 0 Å². The van der Waals surface area contributed by atoms with Crippen molar-refractivity contribution < 1.29 is 9.47 Å². The van der Waals surface area contributed by atoms with Crippen molar-refractivity contribution in [2.24, 2.45) is 17.8 Å². The lowest BCUT2D eigenvalue weighted by molar-refractivity contribution is -0.171. The van der Waals surface area contributed by atoms with Gasteiger partial charge in [-0.1, -0.05) is 58.3 Å². The Balaban J connectivity index is 1.68. The molecule has 3 nitrogen and oxygen atoms in total. The van der Waals surface area contributed by atoms with Gasteiger partial charge in [0.25, 0.3) is 0 Å². The molecule has 0 spiro atoms. The standard InChI is InChI=1S/C21H37NO2/c1-3-4-5-6-19-7-9-20(10-8-19)12-14-21(23-15-16-24-21)13-11-18(2)17-22/h18-20H,3-16H2,1-2H3. The van der Waals surface area contributed by atoms with E-state index in [0.29, 0.717) is 13.2 Å². The number of ether oxygens (including phenoxy) is 2. The van der Waals surface area contributed by atoms with E-state index in [1.807, 2.05) is 6.92 Å². The van der Waals surface area contributed by atoms with Crippen molar-refractivity contribution >= 4 is 0 Å². The van der Waals surface area contributed by atoms with Gasteiger partial charge in [0, 0.05) is 18.8 Å². The van der Waals surface area contributed by atoms with Gasteiger partial charge in [0.15, 0.2) is 5.79 Å². The summed E-state index contributed by atoms with van der Waals surface area (Å²) in [4.78, 5) is 0. The summed E-state index contributed by atoms with van der Waals surface area (Å²) in [7, 11) is 0. The topological polar surface area (TPSA) is 42.2 Å². The van der Waals surface area contributed by atoms with E-state index in [9.17, 15) is 0 Å². The molecule has 0 amide bonds. The van der Waals surface area contributed by atoms with Crippen LogP contribution in [-0.2, 0) is 9.47 Å². The molecule has 24 heavy (non-hydrogen) atoms. The third-order valence-corrected chi connectivity index (χ3v) is 6.11. The van der Waals surface area contributed by atoms with Crippen molar-refractivity contribution in [3.63, 3.8) is 0 Å². The molecule has 0 aromatic heterocycles. The van der Waals surface area contributed by atoms with E-state index in [1.165, 1.54) is 57.8 Å². The van der Waals surface area contributed by atoms with E-state index < -0.39 is 0 Å². The monoisotopic (exact) mass is 335 g/mol. The number of unbranched alkanes of at least 4 members (excludes halogenated alkanes) is 2. The second-order valence-corrected chi connectivity index (χ2v) is 8.10. The molecule has 1 aliphatic heterocycles. The van der Waals surface area contributed by atoms with Crippen LogP contribution in [0.5, 0.6) is 0 Å². The maximum absolute atomic E-state index is 9.00.